The molecule has 156 valence electrons. The maximum Gasteiger partial charge on any atom is 0.227 e. The molecule has 2 N–H and O–H groups in total. The van der Waals surface area contributed by atoms with Crippen molar-refractivity contribution in [3.8, 4) is 0 Å². The summed E-state index contributed by atoms with van der Waals surface area (Å²) in [6.45, 7) is 7.45. The molecule has 2 atom stereocenters. The first kappa shape index (κ1) is 19.0. The average molecular weight is 404 g/mol. The van der Waals surface area contributed by atoms with Gasteiger partial charge >= 0.3 is 0 Å². The van der Waals surface area contributed by atoms with E-state index in [1.165, 1.54) is 5.69 Å². The molecule has 0 radical (unpaired) electrons. The summed E-state index contributed by atoms with van der Waals surface area (Å²) in [7, 11) is 2.15. The van der Waals surface area contributed by atoms with Crippen LogP contribution in [0.15, 0.2) is 54.1 Å². The van der Waals surface area contributed by atoms with Gasteiger partial charge in [-0.05, 0) is 53.8 Å². The molecular formula is C24H29N5O. The fourth-order valence-corrected chi connectivity index (χ4v) is 4.93. The molecule has 5 rings (SSSR count). The molecule has 6 heteroatoms. The summed E-state index contributed by atoms with van der Waals surface area (Å²) in [6, 6.07) is 8.50. The van der Waals surface area contributed by atoms with Gasteiger partial charge in [0.15, 0.2) is 0 Å². The van der Waals surface area contributed by atoms with Crippen LogP contribution in [0.2, 0.25) is 0 Å². The number of benzene rings is 1. The van der Waals surface area contributed by atoms with Gasteiger partial charge in [0, 0.05) is 56.4 Å². The minimum absolute atomic E-state index is 0.0670. The van der Waals surface area contributed by atoms with E-state index in [-0.39, 0.29) is 11.8 Å². The number of allylic oxidation sites excluding steroid dienone is 2. The van der Waals surface area contributed by atoms with E-state index in [4.69, 9.17) is 4.98 Å². The van der Waals surface area contributed by atoms with Crippen molar-refractivity contribution < 1.29 is 5.11 Å². The zero-order chi connectivity index (χ0) is 20.8. The Labute approximate surface area is 178 Å². The Balaban J connectivity index is 1.31. The van der Waals surface area contributed by atoms with Crippen LogP contribution in [0.5, 0.6) is 0 Å². The normalized spacial score (nSPS) is 22.7. The summed E-state index contributed by atoms with van der Waals surface area (Å²) in [4.78, 5) is 14.0. The molecule has 1 aliphatic carbocycles. The van der Waals surface area contributed by atoms with Crippen LogP contribution in [0, 0.1) is 11.8 Å². The number of hydrogen-bond acceptors (Lipinski definition) is 6. The van der Waals surface area contributed by atoms with Crippen molar-refractivity contribution >= 4 is 17.3 Å². The van der Waals surface area contributed by atoms with Gasteiger partial charge in [0.05, 0.1) is 17.4 Å². The summed E-state index contributed by atoms with van der Waals surface area (Å²) < 4.78 is 0. The van der Waals surface area contributed by atoms with Gasteiger partial charge in [-0.15, -0.1) is 0 Å². The highest BCUT2D eigenvalue weighted by Gasteiger charge is 2.32. The van der Waals surface area contributed by atoms with Crippen LogP contribution in [0.3, 0.4) is 0 Å². The minimum atomic E-state index is -0.0670. The Morgan fingerprint density at radius 3 is 2.70 bits per heavy atom. The zero-order valence-corrected chi connectivity index (χ0v) is 17.8. The van der Waals surface area contributed by atoms with Gasteiger partial charge in [-0.25, -0.2) is 9.97 Å². The van der Waals surface area contributed by atoms with Crippen LogP contribution < -0.4 is 10.2 Å². The lowest BCUT2D eigenvalue weighted by Crippen LogP contribution is -2.23. The van der Waals surface area contributed by atoms with Crippen molar-refractivity contribution in [1.82, 2.24) is 14.9 Å². The van der Waals surface area contributed by atoms with E-state index in [9.17, 15) is 5.11 Å². The SMILES string of the molecule is CC(C)C1C(O)=CCc2cnc(Nc3ccc(N4CC5=CN(C)CC5C4)cc3)nc21. The Kier molecular flexibility index (Phi) is 4.65. The van der Waals surface area contributed by atoms with Crippen molar-refractivity contribution in [2.75, 3.05) is 36.9 Å². The van der Waals surface area contributed by atoms with Gasteiger partial charge in [-0.3, -0.25) is 0 Å². The minimum Gasteiger partial charge on any atom is -0.512 e. The molecule has 3 heterocycles. The van der Waals surface area contributed by atoms with Gasteiger partial charge in [-0.2, -0.15) is 0 Å². The summed E-state index contributed by atoms with van der Waals surface area (Å²) in [6.07, 6.45) is 6.74. The van der Waals surface area contributed by atoms with E-state index in [0.29, 0.717) is 24.0 Å². The first-order valence-corrected chi connectivity index (χ1v) is 10.8. The molecule has 0 spiro atoms. The highest BCUT2D eigenvalue weighted by molar-refractivity contribution is 5.61. The van der Waals surface area contributed by atoms with E-state index in [0.717, 1.165) is 36.6 Å². The van der Waals surface area contributed by atoms with Gasteiger partial charge in [0.2, 0.25) is 5.95 Å². The third kappa shape index (κ3) is 3.40. The number of hydrogen-bond donors (Lipinski definition) is 2. The molecule has 1 fully saturated rings. The molecule has 2 unspecified atom stereocenters. The molecular weight excluding hydrogens is 374 g/mol. The van der Waals surface area contributed by atoms with E-state index in [1.54, 1.807) is 5.57 Å². The Morgan fingerprint density at radius 2 is 1.97 bits per heavy atom. The monoisotopic (exact) mass is 403 g/mol. The number of nitrogens with one attached hydrogen (secondary N) is 1. The molecule has 0 saturated carbocycles. The number of nitrogens with zero attached hydrogens (tertiary/aromatic N) is 4. The van der Waals surface area contributed by atoms with Crippen molar-refractivity contribution in [2.45, 2.75) is 26.2 Å². The molecule has 0 amide bonds. The number of aliphatic hydroxyl groups is 1. The third-order valence-corrected chi connectivity index (χ3v) is 6.43. The first-order valence-electron chi connectivity index (χ1n) is 10.8. The van der Waals surface area contributed by atoms with E-state index >= 15 is 0 Å². The molecule has 30 heavy (non-hydrogen) atoms. The van der Waals surface area contributed by atoms with Gasteiger partial charge in [-0.1, -0.05) is 13.8 Å². The van der Waals surface area contributed by atoms with Crippen LogP contribution in [-0.4, -0.2) is 46.7 Å². The van der Waals surface area contributed by atoms with E-state index in [1.807, 2.05) is 12.3 Å². The Bertz CT molecular complexity index is 1010. The Hall–Kier alpha value is -3.02. The third-order valence-electron chi connectivity index (χ3n) is 6.43. The molecule has 2 aliphatic heterocycles. The number of aromatic nitrogens is 2. The highest BCUT2D eigenvalue weighted by Crippen LogP contribution is 2.36. The lowest BCUT2D eigenvalue weighted by atomic mass is 9.84. The van der Waals surface area contributed by atoms with Crippen LogP contribution in [0.4, 0.5) is 17.3 Å². The number of fused-ring (bicyclic) bond motifs is 2. The van der Waals surface area contributed by atoms with Crippen molar-refractivity contribution in [3.63, 3.8) is 0 Å². The van der Waals surface area contributed by atoms with E-state index < -0.39 is 0 Å². The number of rotatable bonds is 4. The molecule has 6 nitrogen and oxygen atoms in total. The molecule has 0 bridgehead atoms. The summed E-state index contributed by atoms with van der Waals surface area (Å²) in [5, 5.41) is 13.7. The predicted octanol–water partition coefficient (Wildman–Crippen LogP) is 4.22. The first-order chi connectivity index (χ1) is 14.5. The topological polar surface area (TPSA) is 64.5 Å². The molecule has 2 aromatic rings. The van der Waals surface area contributed by atoms with Crippen molar-refractivity contribution in [3.05, 3.63) is 65.3 Å². The van der Waals surface area contributed by atoms with E-state index in [2.05, 4.69) is 71.5 Å². The molecule has 3 aliphatic rings. The van der Waals surface area contributed by atoms with Crippen LogP contribution in [0.1, 0.15) is 31.0 Å². The smallest absolute Gasteiger partial charge is 0.227 e. The Morgan fingerprint density at radius 1 is 1.17 bits per heavy atom. The lowest BCUT2D eigenvalue weighted by Gasteiger charge is -2.26. The number of anilines is 3. The van der Waals surface area contributed by atoms with Crippen LogP contribution in [0.25, 0.3) is 0 Å². The average Bonchev–Trinajstić information content (AvgIpc) is 3.25. The van der Waals surface area contributed by atoms with Gasteiger partial charge in [0.1, 0.15) is 0 Å². The zero-order valence-electron chi connectivity index (χ0n) is 17.8. The fourth-order valence-electron chi connectivity index (χ4n) is 4.93. The van der Waals surface area contributed by atoms with Gasteiger partial charge < -0.3 is 20.2 Å². The van der Waals surface area contributed by atoms with Gasteiger partial charge in [0.25, 0.3) is 0 Å². The quantitative estimate of drug-likeness (QED) is 0.797. The molecule has 1 aromatic carbocycles. The van der Waals surface area contributed by atoms with Crippen LogP contribution >= 0.6 is 0 Å². The summed E-state index contributed by atoms with van der Waals surface area (Å²) in [5.41, 5.74) is 5.78. The second-order valence-electron chi connectivity index (χ2n) is 9.05. The van der Waals surface area contributed by atoms with Crippen LogP contribution in [-0.2, 0) is 6.42 Å². The maximum atomic E-state index is 10.3. The maximum absolute atomic E-state index is 10.3. The largest absolute Gasteiger partial charge is 0.512 e. The predicted molar refractivity (Wildman–Crippen MR) is 120 cm³/mol. The molecule has 1 saturated heterocycles. The second kappa shape index (κ2) is 7.35. The van der Waals surface area contributed by atoms with Crippen molar-refractivity contribution in [1.29, 1.82) is 0 Å². The summed E-state index contributed by atoms with van der Waals surface area (Å²) in [5.74, 6) is 1.87. The second-order valence-corrected chi connectivity index (χ2v) is 9.05. The standard InChI is InChI=1S/C24H29N5O/c1-15(2)22-21(30)9-4-16-10-25-24(27-23(16)22)26-19-5-7-20(8-6-19)29-13-17-11-28(3)12-18(17)14-29/h5-11,15,18,22,30H,4,12-14H2,1-3H3,(H,25,26,27). The summed E-state index contributed by atoms with van der Waals surface area (Å²) >= 11 is 0. The van der Waals surface area contributed by atoms with Crippen molar-refractivity contribution in [2.24, 2.45) is 11.8 Å². The highest BCUT2D eigenvalue weighted by atomic mass is 16.3. The lowest BCUT2D eigenvalue weighted by molar-refractivity contribution is 0.323. The molecule has 1 aromatic heterocycles. The fraction of sp³-hybridized carbons (Fsp3) is 0.417. The number of aliphatic hydroxyl groups excluding tert-OH is 1.